The van der Waals surface area contributed by atoms with Crippen LogP contribution in [0.1, 0.15) is 34.1 Å². The summed E-state index contributed by atoms with van der Waals surface area (Å²) in [5, 5.41) is 11.0. The van der Waals surface area contributed by atoms with Crippen molar-refractivity contribution in [3.8, 4) is 0 Å². The third kappa shape index (κ3) is 2.55. The van der Waals surface area contributed by atoms with Crippen molar-refractivity contribution in [2.45, 2.75) is 26.9 Å². The van der Waals surface area contributed by atoms with E-state index in [0.29, 0.717) is 10.7 Å². The van der Waals surface area contributed by atoms with Gasteiger partial charge in [0.15, 0.2) is 0 Å². The zero-order valence-electron chi connectivity index (χ0n) is 10.7. The molecule has 1 atom stereocenters. The van der Waals surface area contributed by atoms with E-state index in [1.807, 2.05) is 39.0 Å². The van der Waals surface area contributed by atoms with E-state index >= 15 is 0 Å². The van der Waals surface area contributed by atoms with E-state index in [9.17, 15) is 5.11 Å². The molecule has 3 heteroatoms. The molecule has 0 aliphatic carbocycles. The Balaban J connectivity index is 2.41. The molecule has 0 fully saturated rings. The molecule has 18 heavy (non-hydrogen) atoms. The standard InChI is InChI=1S/C15H16ClNO/c1-9-6-11(3)14(17-8-9)15(18)12-5-4-10(2)13(16)7-12/h4-8,15,18H,1-3H3. The summed E-state index contributed by atoms with van der Waals surface area (Å²) in [5.41, 5.74) is 4.52. The predicted octanol–water partition coefficient (Wildman–Crippen LogP) is 3.74. The number of aliphatic hydroxyl groups excluding tert-OH is 1. The number of rotatable bonds is 2. The maximum atomic E-state index is 10.4. The van der Waals surface area contributed by atoms with Gasteiger partial charge in [0.2, 0.25) is 0 Å². The molecule has 1 heterocycles. The summed E-state index contributed by atoms with van der Waals surface area (Å²) in [5.74, 6) is 0. The van der Waals surface area contributed by atoms with Crippen molar-refractivity contribution in [3.05, 3.63) is 63.4 Å². The number of aliphatic hydroxyl groups is 1. The van der Waals surface area contributed by atoms with E-state index in [-0.39, 0.29) is 0 Å². The normalized spacial score (nSPS) is 12.5. The Morgan fingerprint density at radius 2 is 1.83 bits per heavy atom. The van der Waals surface area contributed by atoms with Crippen molar-refractivity contribution in [2.75, 3.05) is 0 Å². The first-order chi connectivity index (χ1) is 8.49. The second-order valence-electron chi connectivity index (χ2n) is 4.63. The Kier molecular flexibility index (Phi) is 3.69. The van der Waals surface area contributed by atoms with Gasteiger partial charge < -0.3 is 5.11 Å². The molecule has 0 aliphatic rings. The van der Waals surface area contributed by atoms with E-state index in [0.717, 1.165) is 22.3 Å². The molecule has 2 aromatic rings. The molecule has 1 aromatic heterocycles. The first kappa shape index (κ1) is 13.1. The molecule has 1 N–H and O–H groups in total. The number of benzene rings is 1. The minimum Gasteiger partial charge on any atom is -0.382 e. The maximum absolute atomic E-state index is 10.4. The number of hydrogen-bond acceptors (Lipinski definition) is 2. The van der Waals surface area contributed by atoms with Gasteiger partial charge in [-0.2, -0.15) is 0 Å². The molecule has 2 nitrogen and oxygen atoms in total. The number of pyridine rings is 1. The number of aryl methyl sites for hydroxylation is 3. The molecule has 0 amide bonds. The van der Waals surface area contributed by atoms with Crippen LogP contribution in [0, 0.1) is 20.8 Å². The highest BCUT2D eigenvalue weighted by atomic mass is 35.5. The zero-order valence-corrected chi connectivity index (χ0v) is 11.5. The third-order valence-electron chi connectivity index (χ3n) is 3.03. The second kappa shape index (κ2) is 5.09. The lowest BCUT2D eigenvalue weighted by atomic mass is 10.0. The van der Waals surface area contributed by atoms with Gasteiger partial charge in [-0.05, 0) is 49.1 Å². The van der Waals surface area contributed by atoms with Gasteiger partial charge in [0.25, 0.3) is 0 Å². The van der Waals surface area contributed by atoms with E-state index in [4.69, 9.17) is 11.6 Å². The topological polar surface area (TPSA) is 33.1 Å². The quantitative estimate of drug-likeness (QED) is 0.893. The van der Waals surface area contributed by atoms with Gasteiger partial charge in [0, 0.05) is 11.2 Å². The molecule has 0 radical (unpaired) electrons. The Morgan fingerprint density at radius 1 is 1.11 bits per heavy atom. The average Bonchev–Trinajstić information content (AvgIpc) is 2.32. The Labute approximate surface area is 112 Å². The first-order valence-corrected chi connectivity index (χ1v) is 6.24. The molecule has 0 saturated carbocycles. The average molecular weight is 262 g/mol. The van der Waals surface area contributed by atoms with Crippen LogP contribution in [0.4, 0.5) is 0 Å². The summed E-state index contributed by atoms with van der Waals surface area (Å²) in [4.78, 5) is 4.31. The molecule has 0 aliphatic heterocycles. The second-order valence-corrected chi connectivity index (χ2v) is 5.03. The molecule has 1 aromatic carbocycles. The summed E-state index contributed by atoms with van der Waals surface area (Å²) < 4.78 is 0. The Morgan fingerprint density at radius 3 is 2.44 bits per heavy atom. The molecule has 0 spiro atoms. The lowest BCUT2D eigenvalue weighted by molar-refractivity contribution is 0.214. The number of nitrogens with zero attached hydrogens (tertiary/aromatic N) is 1. The fourth-order valence-electron chi connectivity index (χ4n) is 1.95. The van der Waals surface area contributed by atoms with Crippen molar-refractivity contribution >= 4 is 11.6 Å². The SMILES string of the molecule is Cc1cnc(C(O)c2ccc(C)c(Cl)c2)c(C)c1. The van der Waals surface area contributed by atoms with E-state index < -0.39 is 6.10 Å². The van der Waals surface area contributed by atoms with Gasteiger partial charge in [-0.1, -0.05) is 29.8 Å². The van der Waals surface area contributed by atoms with Crippen molar-refractivity contribution < 1.29 is 5.11 Å². The van der Waals surface area contributed by atoms with Crippen molar-refractivity contribution in [3.63, 3.8) is 0 Å². The zero-order chi connectivity index (χ0) is 13.3. The van der Waals surface area contributed by atoms with Crippen LogP contribution < -0.4 is 0 Å². The lowest BCUT2D eigenvalue weighted by Crippen LogP contribution is -2.05. The van der Waals surface area contributed by atoms with Gasteiger partial charge in [0.05, 0.1) is 5.69 Å². The number of hydrogen-bond donors (Lipinski definition) is 1. The first-order valence-electron chi connectivity index (χ1n) is 5.86. The monoisotopic (exact) mass is 261 g/mol. The Bertz CT molecular complexity index is 581. The van der Waals surface area contributed by atoms with Crippen LogP contribution in [0.5, 0.6) is 0 Å². The molecule has 2 rings (SSSR count). The summed E-state index contributed by atoms with van der Waals surface area (Å²) in [6.07, 6.45) is 1.03. The summed E-state index contributed by atoms with van der Waals surface area (Å²) in [7, 11) is 0. The highest BCUT2D eigenvalue weighted by Crippen LogP contribution is 2.26. The minimum atomic E-state index is -0.733. The predicted molar refractivity (Wildman–Crippen MR) is 74.0 cm³/mol. The summed E-state index contributed by atoms with van der Waals surface area (Å²) in [6, 6.07) is 7.60. The van der Waals surface area contributed by atoms with Gasteiger partial charge >= 0.3 is 0 Å². The van der Waals surface area contributed by atoms with E-state index in [1.165, 1.54) is 0 Å². The third-order valence-corrected chi connectivity index (χ3v) is 3.43. The minimum absolute atomic E-state index is 0.663. The van der Waals surface area contributed by atoms with Gasteiger partial charge in [-0.3, -0.25) is 4.98 Å². The Hall–Kier alpha value is -1.38. The number of aromatic nitrogens is 1. The van der Waals surface area contributed by atoms with Crippen LogP contribution in [0.3, 0.4) is 0 Å². The summed E-state index contributed by atoms with van der Waals surface area (Å²) in [6.45, 7) is 5.88. The van der Waals surface area contributed by atoms with Crippen LogP contribution >= 0.6 is 11.6 Å². The highest BCUT2D eigenvalue weighted by Gasteiger charge is 2.15. The lowest BCUT2D eigenvalue weighted by Gasteiger charge is -2.14. The molecule has 1 unspecified atom stereocenters. The van der Waals surface area contributed by atoms with Crippen LogP contribution in [0.15, 0.2) is 30.5 Å². The molecule has 0 bridgehead atoms. The maximum Gasteiger partial charge on any atom is 0.121 e. The fourth-order valence-corrected chi connectivity index (χ4v) is 2.14. The van der Waals surface area contributed by atoms with Gasteiger partial charge in [-0.15, -0.1) is 0 Å². The van der Waals surface area contributed by atoms with E-state index in [1.54, 1.807) is 12.3 Å². The van der Waals surface area contributed by atoms with Crippen molar-refractivity contribution in [2.24, 2.45) is 0 Å². The van der Waals surface area contributed by atoms with Crippen molar-refractivity contribution in [1.82, 2.24) is 4.98 Å². The molecular weight excluding hydrogens is 246 g/mol. The van der Waals surface area contributed by atoms with Crippen LogP contribution in [-0.4, -0.2) is 10.1 Å². The molecule has 94 valence electrons. The fraction of sp³-hybridized carbons (Fsp3) is 0.267. The smallest absolute Gasteiger partial charge is 0.121 e. The number of halogens is 1. The van der Waals surface area contributed by atoms with E-state index in [2.05, 4.69) is 4.98 Å². The van der Waals surface area contributed by atoms with Crippen LogP contribution in [0.2, 0.25) is 5.02 Å². The van der Waals surface area contributed by atoms with Crippen LogP contribution in [-0.2, 0) is 0 Å². The molecular formula is C15H16ClNO. The van der Waals surface area contributed by atoms with Crippen LogP contribution in [0.25, 0.3) is 0 Å². The van der Waals surface area contributed by atoms with Gasteiger partial charge in [0.1, 0.15) is 6.10 Å². The van der Waals surface area contributed by atoms with Gasteiger partial charge in [-0.25, -0.2) is 0 Å². The highest BCUT2D eigenvalue weighted by molar-refractivity contribution is 6.31. The largest absolute Gasteiger partial charge is 0.382 e. The van der Waals surface area contributed by atoms with Crippen molar-refractivity contribution in [1.29, 1.82) is 0 Å². The molecule has 0 saturated heterocycles. The summed E-state index contributed by atoms with van der Waals surface area (Å²) >= 11 is 6.08.